The highest BCUT2D eigenvalue weighted by atomic mass is 35.5. The van der Waals surface area contributed by atoms with Crippen LogP contribution in [-0.4, -0.2) is 41.4 Å². The van der Waals surface area contributed by atoms with E-state index in [1.54, 1.807) is 18.2 Å². The summed E-state index contributed by atoms with van der Waals surface area (Å²) in [7, 11) is 0. The number of phenols is 2. The monoisotopic (exact) mass is 521 g/mol. The van der Waals surface area contributed by atoms with E-state index in [-0.39, 0.29) is 28.8 Å². The zero-order valence-corrected chi connectivity index (χ0v) is 20.5. The summed E-state index contributed by atoms with van der Waals surface area (Å²) in [6.45, 7) is 3.74. The minimum atomic E-state index is -1.08. The molecule has 2 aliphatic rings. The van der Waals surface area contributed by atoms with Gasteiger partial charge >= 0.3 is 0 Å². The molecule has 0 amide bonds. The Bertz CT molecular complexity index is 1170. The fourth-order valence-corrected chi connectivity index (χ4v) is 5.69. The number of fused-ring (bicyclic) bond motifs is 1. The summed E-state index contributed by atoms with van der Waals surface area (Å²) in [4.78, 5) is 2.42. The molecule has 35 heavy (non-hydrogen) atoms. The van der Waals surface area contributed by atoms with Crippen molar-refractivity contribution in [1.82, 2.24) is 4.90 Å². The Morgan fingerprint density at radius 1 is 1.00 bits per heavy atom. The first kappa shape index (κ1) is 25.4. The molecule has 5 nitrogen and oxygen atoms in total. The second-order valence-corrected chi connectivity index (χ2v) is 9.64. The van der Waals surface area contributed by atoms with Gasteiger partial charge in [-0.15, -0.1) is 24.2 Å². The summed E-state index contributed by atoms with van der Waals surface area (Å²) in [6, 6.07) is 15.1. The van der Waals surface area contributed by atoms with Crippen LogP contribution in [0.4, 0.5) is 8.78 Å². The van der Waals surface area contributed by atoms with Crippen LogP contribution in [0.25, 0.3) is 0 Å². The molecule has 186 valence electrons. The van der Waals surface area contributed by atoms with Crippen molar-refractivity contribution in [3.05, 3.63) is 77.4 Å². The first-order valence-electron chi connectivity index (χ1n) is 11.3. The Morgan fingerprint density at radius 3 is 2.46 bits per heavy atom. The maximum absolute atomic E-state index is 14.7. The molecule has 0 aliphatic carbocycles. The van der Waals surface area contributed by atoms with Gasteiger partial charge < -0.3 is 19.7 Å². The highest BCUT2D eigenvalue weighted by Gasteiger charge is 2.37. The predicted octanol–water partition coefficient (Wildman–Crippen LogP) is 6.24. The number of thioether (sulfide) groups is 1. The fraction of sp³-hybridized carbons (Fsp3) is 0.308. The Kier molecular flexibility index (Phi) is 7.94. The van der Waals surface area contributed by atoms with Crippen molar-refractivity contribution >= 4 is 24.2 Å². The highest BCUT2D eigenvalue weighted by molar-refractivity contribution is 7.99. The van der Waals surface area contributed by atoms with E-state index in [1.807, 2.05) is 30.3 Å². The zero-order chi connectivity index (χ0) is 23.7. The van der Waals surface area contributed by atoms with Crippen LogP contribution in [-0.2, 0) is 0 Å². The number of phenolic OH excluding ortho intramolecular Hbond substituents is 2. The van der Waals surface area contributed by atoms with Crippen LogP contribution in [0, 0.1) is 11.6 Å². The third-order valence-electron chi connectivity index (χ3n) is 6.17. The molecule has 5 rings (SSSR count). The lowest BCUT2D eigenvalue weighted by Gasteiger charge is -2.34. The number of ether oxygens (including phenoxy) is 2. The second kappa shape index (κ2) is 10.9. The van der Waals surface area contributed by atoms with Crippen LogP contribution >= 0.6 is 24.2 Å². The van der Waals surface area contributed by atoms with E-state index in [4.69, 9.17) is 9.47 Å². The molecule has 0 aromatic heterocycles. The van der Waals surface area contributed by atoms with Crippen molar-refractivity contribution in [1.29, 1.82) is 0 Å². The van der Waals surface area contributed by atoms with E-state index in [0.717, 1.165) is 54.3 Å². The number of hydrogen-bond donors (Lipinski definition) is 2. The number of likely N-dealkylation sites (tertiary alicyclic amines) is 1. The number of rotatable bonds is 6. The van der Waals surface area contributed by atoms with Gasteiger partial charge in [-0.05, 0) is 61.3 Å². The number of halogens is 3. The quantitative estimate of drug-likeness (QED) is 0.400. The standard InChI is InChI=1S/C26H25F2NO4S.ClH/c27-20-15-21-26(22(28)23(20)31)34-25(17-4-3-5-18(30)14-17)24(33-21)16-6-8-19(9-7-16)32-13-12-29-10-1-2-11-29;/h3-9,14-15,24-25,30-31H,1-2,10-13H2;1H/t24-,25+;/m0./s1. The molecule has 2 heterocycles. The maximum Gasteiger partial charge on any atom is 0.189 e. The first-order chi connectivity index (χ1) is 16.5. The summed E-state index contributed by atoms with van der Waals surface area (Å²) in [5.41, 5.74) is 1.52. The van der Waals surface area contributed by atoms with Gasteiger partial charge in [0.15, 0.2) is 17.4 Å². The Balaban J connectivity index is 0.00000289. The molecule has 2 N–H and O–H groups in total. The van der Waals surface area contributed by atoms with Crippen molar-refractivity contribution in [3.63, 3.8) is 0 Å². The van der Waals surface area contributed by atoms with E-state index in [1.165, 1.54) is 12.8 Å². The molecular formula is C26H26ClF2NO4S. The Morgan fingerprint density at radius 2 is 1.74 bits per heavy atom. The van der Waals surface area contributed by atoms with Crippen molar-refractivity contribution in [2.24, 2.45) is 0 Å². The zero-order valence-electron chi connectivity index (χ0n) is 18.8. The third kappa shape index (κ3) is 5.44. The van der Waals surface area contributed by atoms with Gasteiger partial charge in [-0.25, -0.2) is 8.78 Å². The number of hydrogen-bond acceptors (Lipinski definition) is 6. The van der Waals surface area contributed by atoms with Crippen LogP contribution < -0.4 is 9.47 Å². The number of nitrogens with zero attached hydrogens (tertiary/aromatic N) is 1. The lowest BCUT2D eigenvalue weighted by Crippen LogP contribution is -2.25. The normalized spacial score (nSPS) is 19.5. The van der Waals surface area contributed by atoms with Gasteiger partial charge in [0, 0.05) is 12.6 Å². The van der Waals surface area contributed by atoms with Crippen LogP contribution in [0.15, 0.2) is 59.5 Å². The topological polar surface area (TPSA) is 62.2 Å². The lowest BCUT2D eigenvalue weighted by molar-refractivity contribution is 0.186. The van der Waals surface area contributed by atoms with Gasteiger partial charge in [-0.3, -0.25) is 4.90 Å². The van der Waals surface area contributed by atoms with Crippen LogP contribution in [0.1, 0.15) is 35.3 Å². The van der Waals surface area contributed by atoms with Crippen molar-refractivity contribution in [2.45, 2.75) is 29.1 Å². The van der Waals surface area contributed by atoms with E-state index < -0.39 is 28.7 Å². The van der Waals surface area contributed by atoms with E-state index in [2.05, 4.69) is 4.90 Å². The Hall–Kier alpha value is -2.68. The third-order valence-corrected chi connectivity index (χ3v) is 7.56. The molecule has 2 atom stereocenters. The minimum absolute atomic E-state index is 0. The second-order valence-electron chi connectivity index (χ2n) is 8.49. The predicted molar refractivity (Wildman–Crippen MR) is 133 cm³/mol. The van der Waals surface area contributed by atoms with Crippen LogP contribution in [0.3, 0.4) is 0 Å². The summed E-state index contributed by atoms with van der Waals surface area (Å²) >= 11 is 1.13. The van der Waals surface area contributed by atoms with Gasteiger partial charge in [0.2, 0.25) is 0 Å². The molecule has 0 unspecified atom stereocenters. The van der Waals surface area contributed by atoms with Crippen LogP contribution in [0.5, 0.6) is 23.0 Å². The SMILES string of the molecule is Cl.Oc1cccc([C@H]2Sc3c(cc(F)c(O)c3F)O[C@H]2c2ccc(OCCN3CCCC3)cc2)c1. The van der Waals surface area contributed by atoms with E-state index in [9.17, 15) is 19.0 Å². The number of benzene rings is 3. The molecule has 2 aliphatic heterocycles. The molecule has 3 aromatic carbocycles. The molecule has 0 bridgehead atoms. The lowest BCUT2D eigenvalue weighted by atomic mass is 9.99. The molecule has 9 heteroatoms. The van der Waals surface area contributed by atoms with Gasteiger partial charge in [-0.1, -0.05) is 24.3 Å². The van der Waals surface area contributed by atoms with Crippen molar-refractivity contribution in [3.8, 4) is 23.0 Å². The van der Waals surface area contributed by atoms with Gasteiger partial charge in [0.05, 0.1) is 10.1 Å². The molecule has 0 saturated carbocycles. The van der Waals surface area contributed by atoms with Crippen molar-refractivity contribution < 1.29 is 28.5 Å². The maximum atomic E-state index is 14.7. The molecule has 0 spiro atoms. The largest absolute Gasteiger partial charge is 0.508 e. The molecule has 3 aromatic rings. The average Bonchev–Trinajstić information content (AvgIpc) is 3.36. The first-order valence-corrected chi connectivity index (χ1v) is 12.2. The molecular weight excluding hydrogens is 496 g/mol. The minimum Gasteiger partial charge on any atom is -0.508 e. The smallest absolute Gasteiger partial charge is 0.189 e. The molecule has 0 radical (unpaired) electrons. The van der Waals surface area contributed by atoms with Crippen LogP contribution in [0.2, 0.25) is 0 Å². The summed E-state index contributed by atoms with van der Waals surface area (Å²) in [5, 5.41) is 19.3. The highest BCUT2D eigenvalue weighted by Crippen LogP contribution is 2.55. The Labute approximate surface area is 213 Å². The van der Waals surface area contributed by atoms with Gasteiger partial charge in [0.1, 0.15) is 30.0 Å². The van der Waals surface area contributed by atoms with E-state index in [0.29, 0.717) is 6.61 Å². The summed E-state index contributed by atoms with van der Waals surface area (Å²) < 4.78 is 40.7. The molecule has 1 saturated heterocycles. The molecule has 1 fully saturated rings. The van der Waals surface area contributed by atoms with E-state index >= 15 is 0 Å². The van der Waals surface area contributed by atoms with Crippen molar-refractivity contribution in [2.75, 3.05) is 26.2 Å². The van der Waals surface area contributed by atoms with Gasteiger partial charge in [0.25, 0.3) is 0 Å². The average molecular weight is 522 g/mol. The number of aromatic hydroxyl groups is 2. The summed E-state index contributed by atoms with van der Waals surface area (Å²) in [5.74, 6) is -2.31. The summed E-state index contributed by atoms with van der Waals surface area (Å²) in [6.07, 6.45) is 1.90. The van der Waals surface area contributed by atoms with Gasteiger partial charge in [-0.2, -0.15) is 0 Å². The fourth-order valence-electron chi connectivity index (χ4n) is 4.39.